The average molecular weight is 484 g/mol. The van der Waals surface area contributed by atoms with Gasteiger partial charge < -0.3 is 14.8 Å². The van der Waals surface area contributed by atoms with Crippen LogP contribution in [0.1, 0.15) is 34.8 Å². The first-order valence-corrected chi connectivity index (χ1v) is 11.8. The predicted molar refractivity (Wildman–Crippen MR) is 139 cm³/mol. The third kappa shape index (κ3) is 6.60. The van der Waals surface area contributed by atoms with Gasteiger partial charge in [-0.05, 0) is 67.3 Å². The fourth-order valence-electron chi connectivity index (χ4n) is 3.70. The summed E-state index contributed by atoms with van der Waals surface area (Å²) in [5.74, 6) is 0.933. The highest BCUT2D eigenvalue weighted by atomic mass is 16.5. The lowest BCUT2D eigenvalue weighted by Gasteiger charge is -2.14. The van der Waals surface area contributed by atoms with Gasteiger partial charge in [-0.25, -0.2) is 0 Å². The van der Waals surface area contributed by atoms with E-state index in [9.17, 15) is 9.59 Å². The Morgan fingerprint density at radius 3 is 2.33 bits per heavy atom. The van der Waals surface area contributed by atoms with Gasteiger partial charge in [-0.15, -0.1) is 5.10 Å². The van der Waals surface area contributed by atoms with E-state index in [1.165, 1.54) is 16.3 Å². The van der Waals surface area contributed by atoms with Gasteiger partial charge in [0.1, 0.15) is 12.4 Å². The number of rotatable bonds is 10. The zero-order valence-corrected chi connectivity index (χ0v) is 20.4. The molecular formula is C29H29N3O4. The largest absolute Gasteiger partial charge is 0.497 e. The summed E-state index contributed by atoms with van der Waals surface area (Å²) < 4.78 is 12.2. The first-order valence-electron chi connectivity index (χ1n) is 11.8. The molecule has 184 valence electrons. The van der Waals surface area contributed by atoms with Gasteiger partial charge in [0.05, 0.1) is 12.8 Å². The number of carbonyl (C=O) groups is 1. The van der Waals surface area contributed by atoms with E-state index in [1.807, 2.05) is 49.4 Å². The highest BCUT2D eigenvalue weighted by molar-refractivity contribution is 5.94. The molecule has 7 heteroatoms. The minimum atomic E-state index is -0.293. The van der Waals surface area contributed by atoms with Crippen molar-refractivity contribution in [3.05, 3.63) is 118 Å². The second-order valence-corrected chi connectivity index (χ2v) is 8.50. The van der Waals surface area contributed by atoms with Crippen molar-refractivity contribution in [3.63, 3.8) is 0 Å². The Labute approximate surface area is 210 Å². The molecule has 0 fully saturated rings. The van der Waals surface area contributed by atoms with Gasteiger partial charge in [0.2, 0.25) is 5.88 Å². The van der Waals surface area contributed by atoms with Crippen LogP contribution in [0, 0.1) is 0 Å². The zero-order valence-electron chi connectivity index (χ0n) is 20.4. The van der Waals surface area contributed by atoms with Crippen molar-refractivity contribution in [1.82, 2.24) is 15.1 Å². The van der Waals surface area contributed by atoms with Crippen molar-refractivity contribution in [2.45, 2.75) is 32.4 Å². The summed E-state index contributed by atoms with van der Waals surface area (Å²) in [6.45, 7) is 2.30. The Morgan fingerprint density at radius 1 is 0.917 bits per heavy atom. The molecular weight excluding hydrogens is 454 g/mol. The lowest BCUT2D eigenvalue weighted by atomic mass is 10.1. The number of ether oxygens (including phenoxy) is 2. The van der Waals surface area contributed by atoms with Crippen molar-refractivity contribution in [1.29, 1.82) is 0 Å². The van der Waals surface area contributed by atoms with Crippen LogP contribution in [0.25, 0.3) is 5.69 Å². The normalized spacial score (nSPS) is 11.5. The van der Waals surface area contributed by atoms with Crippen LogP contribution in [0.15, 0.2) is 95.8 Å². The molecule has 1 heterocycles. The number of benzene rings is 3. The molecule has 0 aliphatic carbocycles. The van der Waals surface area contributed by atoms with Crippen molar-refractivity contribution in [3.8, 4) is 17.3 Å². The number of aromatic nitrogens is 2. The van der Waals surface area contributed by atoms with E-state index < -0.39 is 0 Å². The molecule has 0 spiro atoms. The van der Waals surface area contributed by atoms with Crippen LogP contribution in [-0.4, -0.2) is 28.8 Å². The maximum Gasteiger partial charge on any atom is 0.271 e. The van der Waals surface area contributed by atoms with Crippen molar-refractivity contribution in [2.75, 3.05) is 7.11 Å². The van der Waals surface area contributed by atoms with Crippen molar-refractivity contribution < 1.29 is 14.3 Å². The van der Waals surface area contributed by atoms with Gasteiger partial charge in [-0.2, -0.15) is 4.68 Å². The van der Waals surface area contributed by atoms with Gasteiger partial charge in [0.25, 0.3) is 11.5 Å². The van der Waals surface area contributed by atoms with E-state index in [0.717, 1.165) is 24.2 Å². The minimum absolute atomic E-state index is 0.0289. The van der Waals surface area contributed by atoms with Crippen LogP contribution in [-0.2, 0) is 13.0 Å². The number of amides is 1. The number of nitrogens with one attached hydrogen (secondary N) is 1. The summed E-state index contributed by atoms with van der Waals surface area (Å²) in [6.07, 6.45) is 1.74. The molecule has 0 radical (unpaired) electrons. The maximum absolute atomic E-state index is 12.7. The highest BCUT2D eigenvalue weighted by Crippen LogP contribution is 2.15. The number of carbonyl (C=O) groups excluding carboxylic acids is 1. The predicted octanol–water partition coefficient (Wildman–Crippen LogP) is 4.57. The summed E-state index contributed by atoms with van der Waals surface area (Å²) in [6, 6.07) is 27.5. The summed E-state index contributed by atoms with van der Waals surface area (Å²) in [5, 5.41) is 7.36. The first-order chi connectivity index (χ1) is 17.5. The highest BCUT2D eigenvalue weighted by Gasteiger charge is 2.11. The Bertz CT molecular complexity index is 1330. The Morgan fingerprint density at radius 2 is 1.64 bits per heavy atom. The van der Waals surface area contributed by atoms with Crippen LogP contribution >= 0.6 is 0 Å². The minimum Gasteiger partial charge on any atom is -0.497 e. The molecule has 3 aromatic carbocycles. The van der Waals surface area contributed by atoms with Crippen molar-refractivity contribution >= 4 is 5.91 Å². The number of hydrogen-bond donors (Lipinski definition) is 1. The SMILES string of the molecule is COc1ccc(COc2ccc(=O)n(-c3ccc(C(=O)N[C@@H](C)CCc4ccccc4)cc3)n2)cc1. The quantitative estimate of drug-likeness (QED) is 0.357. The van der Waals surface area contributed by atoms with E-state index in [4.69, 9.17) is 9.47 Å². The molecule has 4 aromatic rings. The van der Waals surface area contributed by atoms with Gasteiger partial charge in [-0.3, -0.25) is 9.59 Å². The lowest BCUT2D eigenvalue weighted by Crippen LogP contribution is -2.32. The summed E-state index contributed by atoms with van der Waals surface area (Å²) in [4.78, 5) is 25.1. The van der Waals surface area contributed by atoms with Gasteiger partial charge in [-0.1, -0.05) is 42.5 Å². The van der Waals surface area contributed by atoms with E-state index in [-0.39, 0.29) is 17.5 Å². The number of methoxy groups -OCH3 is 1. The zero-order chi connectivity index (χ0) is 25.3. The molecule has 0 saturated carbocycles. The summed E-state index contributed by atoms with van der Waals surface area (Å²) >= 11 is 0. The van der Waals surface area contributed by atoms with Crippen LogP contribution in [0.5, 0.6) is 11.6 Å². The van der Waals surface area contributed by atoms with E-state index in [0.29, 0.717) is 23.7 Å². The Balaban J connectivity index is 1.36. The topological polar surface area (TPSA) is 82.5 Å². The second kappa shape index (κ2) is 11.8. The van der Waals surface area contributed by atoms with Gasteiger partial charge >= 0.3 is 0 Å². The number of nitrogens with zero attached hydrogens (tertiary/aromatic N) is 2. The molecule has 0 unspecified atom stereocenters. The average Bonchev–Trinajstić information content (AvgIpc) is 2.92. The first kappa shape index (κ1) is 24.7. The van der Waals surface area contributed by atoms with Gasteiger partial charge in [0, 0.05) is 23.7 Å². The third-order valence-corrected chi connectivity index (χ3v) is 5.78. The smallest absolute Gasteiger partial charge is 0.271 e. The Hall–Kier alpha value is -4.39. The van der Waals surface area contributed by atoms with Crippen LogP contribution in [0.3, 0.4) is 0 Å². The number of hydrogen-bond acceptors (Lipinski definition) is 5. The summed E-state index contributed by atoms with van der Waals surface area (Å²) in [5.41, 5.74) is 2.96. The molecule has 36 heavy (non-hydrogen) atoms. The van der Waals surface area contributed by atoms with Crippen LogP contribution in [0.4, 0.5) is 0 Å². The van der Waals surface area contributed by atoms with E-state index in [2.05, 4.69) is 22.5 Å². The molecule has 0 bridgehead atoms. The molecule has 1 amide bonds. The molecule has 1 atom stereocenters. The van der Waals surface area contributed by atoms with E-state index >= 15 is 0 Å². The fourth-order valence-corrected chi connectivity index (χ4v) is 3.70. The molecule has 7 nitrogen and oxygen atoms in total. The maximum atomic E-state index is 12.7. The molecule has 0 aliphatic rings. The third-order valence-electron chi connectivity index (χ3n) is 5.78. The molecule has 0 aliphatic heterocycles. The van der Waals surface area contributed by atoms with Crippen LogP contribution in [0.2, 0.25) is 0 Å². The van der Waals surface area contributed by atoms with Crippen LogP contribution < -0.4 is 20.3 Å². The summed E-state index contributed by atoms with van der Waals surface area (Å²) in [7, 11) is 1.62. The lowest BCUT2D eigenvalue weighted by molar-refractivity contribution is 0.0938. The monoisotopic (exact) mass is 483 g/mol. The standard InChI is InChI=1S/C29H29N3O4/c1-21(8-9-22-6-4-3-5-7-22)30-29(34)24-12-14-25(15-13-24)32-28(33)19-18-27(31-32)36-20-23-10-16-26(35-2)17-11-23/h3-7,10-19,21H,8-9,20H2,1-2H3,(H,30,34)/t21-/m0/s1. The van der Waals surface area contributed by atoms with Gasteiger partial charge in [0.15, 0.2) is 0 Å². The number of aryl methyl sites for hydroxylation is 1. The Kier molecular flexibility index (Phi) is 8.13. The fraction of sp³-hybridized carbons (Fsp3) is 0.207. The second-order valence-electron chi connectivity index (χ2n) is 8.50. The van der Waals surface area contributed by atoms with Crippen molar-refractivity contribution in [2.24, 2.45) is 0 Å². The van der Waals surface area contributed by atoms with E-state index in [1.54, 1.807) is 37.4 Å². The molecule has 1 aromatic heterocycles. The molecule has 1 N–H and O–H groups in total. The molecule has 4 rings (SSSR count). The molecule has 0 saturated heterocycles.